The van der Waals surface area contributed by atoms with E-state index in [1.165, 1.54) is 34.4 Å². The van der Waals surface area contributed by atoms with Gasteiger partial charge in [-0.05, 0) is 11.8 Å². The summed E-state index contributed by atoms with van der Waals surface area (Å²) >= 11 is 9.28. The van der Waals surface area contributed by atoms with E-state index >= 15 is 8.78 Å². The molecule has 3 fully saturated rings. The van der Waals surface area contributed by atoms with E-state index in [1.807, 2.05) is 12.2 Å². The van der Waals surface area contributed by atoms with Gasteiger partial charge in [0, 0.05) is 13.1 Å². The Balaban J connectivity index is 0.00000216. The first-order valence-electron chi connectivity index (χ1n) is 14.5. The van der Waals surface area contributed by atoms with Crippen molar-refractivity contribution in [3.8, 4) is 0 Å². The fourth-order valence-electron chi connectivity index (χ4n) is 5.87. The Bertz CT molecular complexity index is 1860. The smallest absolute Gasteiger partial charge is 0.365 e. The Labute approximate surface area is 291 Å². The number of nitrogens with one attached hydrogen (secondary N) is 2. The van der Waals surface area contributed by atoms with E-state index in [1.54, 1.807) is 0 Å². The molecule has 26 heteroatoms. The number of rotatable bonds is 0. The molecule has 0 amide bonds. The van der Waals surface area contributed by atoms with Crippen LogP contribution in [0.3, 0.4) is 0 Å². The number of ether oxygens (including phenoxy) is 2. The fraction of sp³-hybridized carbons (Fsp3) is 0.500. The number of anilines is 2. The normalized spacial score (nSPS) is 36.5. The zero-order valence-corrected chi connectivity index (χ0v) is 29.2. The summed E-state index contributed by atoms with van der Waals surface area (Å²) in [4.78, 5) is 36.8. The highest BCUT2D eigenvalue weighted by molar-refractivity contribution is 8.44. The molecule has 4 aromatic heterocycles. The van der Waals surface area contributed by atoms with Crippen LogP contribution in [0.4, 0.5) is 20.4 Å². The molecule has 0 radical (unpaired) electrons. The van der Waals surface area contributed by atoms with Crippen molar-refractivity contribution in [2.75, 3.05) is 36.9 Å². The number of nitrogens with zero attached hydrogens (tertiary/aromatic N) is 8. The summed E-state index contributed by atoms with van der Waals surface area (Å²) in [5.74, 6) is 0.753. The monoisotopic (exact) mass is 780 g/mol. The summed E-state index contributed by atoms with van der Waals surface area (Å²) in [6.45, 7) is -9.13. The summed E-state index contributed by atoms with van der Waals surface area (Å²) in [5.41, 5.74) is 1.09. The number of thiol groups is 1. The highest BCUT2D eigenvalue weighted by atomic mass is 32.7. The molecule has 0 saturated carbocycles. The lowest BCUT2D eigenvalue weighted by Gasteiger charge is -2.29. The first kappa shape index (κ1) is 36.9. The second-order valence-electron chi connectivity index (χ2n) is 11.0. The zero-order chi connectivity index (χ0) is 33.2. The van der Waals surface area contributed by atoms with E-state index in [0.29, 0.717) is 35.8 Å². The Morgan fingerprint density at radius 2 is 1.28 bits per heavy atom. The van der Waals surface area contributed by atoms with Gasteiger partial charge in [-0.3, -0.25) is 22.7 Å². The van der Waals surface area contributed by atoms with Gasteiger partial charge in [-0.15, -0.1) is 0 Å². The van der Waals surface area contributed by atoms with E-state index in [9.17, 15) is 9.46 Å². The molecule has 2 unspecified atom stereocenters. The van der Waals surface area contributed by atoms with Crippen LogP contribution in [-0.4, -0.2) is 107 Å². The molecule has 5 aliphatic heterocycles. The Morgan fingerprint density at radius 3 is 1.80 bits per heavy atom. The average Bonchev–Trinajstić information content (AvgIpc) is 3.81. The molecule has 10 atom stereocenters. The van der Waals surface area contributed by atoms with Gasteiger partial charge in [0.1, 0.15) is 37.1 Å². The van der Waals surface area contributed by atoms with Crippen LogP contribution < -0.4 is 22.9 Å². The van der Waals surface area contributed by atoms with Crippen molar-refractivity contribution >= 4 is 71.5 Å². The van der Waals surface area contributed by atoms with Crippen LogP contribution in [0.15, 0.2) is 37.5 Å². The van der Waals surface area contributed by atoms with Gasteiger partial charge in [0.05, 0.1) is 25.9 Å². The van der Waals surface area contributed by atoms with Gasteiger partial charge in [0.2, 0.25) is 0 Å². The van der Waals surface area contributed by atoms with Crippen LogP contribution in [0.1, 0.15) is 12.5 Å². The van der Waals surface area contributed by atoms with Gasteiger partial charge in [-0.25, -0.2) is 43.2 Å². The third-order valence-corrected chi connectivity index (χ3v) is 11.2. The minimum atomic E-state index is -4.38. The van der Waals surface area contributed by atoms with Crippen LogP contribution in [0.5, 0.6) is 0 Å². The van der Waals surface area contributed by atoms with Crippen molar-refractivity contribution in [3.05, 3.63) is 37.5 Å². The molecule has 50 heavy (non-hydrogen) atoms. The first-order valence-corrected chi connectivity index (χ1v) is 19.8. The van der Waals surface area contributed by atoms with Crippen molar-refractivity contribution in [1.29, 1.82) is 0 Å². The van der Waals surface area contributed by atoms with Gasteiger partial charge in [-0.2, -0.15) is 0 Å². The third-order valence-electron chi connectivity index (χ3n) is 8.05. The van der Waals surface area contributed by atoms with Crippen molar-refractivity contribution in [2.24, 2.45) is 0 Å². The standard InChI is InChI=1S/C24H26F2N10O8P2S2.2H3N/c25-13-17-11-5-39-46(38,48)44-18-12(6-40-45(37,47)43-17)42-24(14(18)26)36-10-34-16-20(30-8-32-22(16)36)28-4-2-1-3-27-19-15-21(31-7-29-19)35(9-33-15)23(13)41-11;;/h1-2,7-14,17-18,23-24H,3-6H2,(H,37,47)(H,38,48)(H,27,29,31)(H,28,30,32);2*1H3/b2-1+;;/t11-,12-,13-,14-,17-,18-,23-,24-,45?,46?;;/m1../s1. The van der Waals surface area contributed by atoms with Crippen LogP contribution in [0, 0.1) is 0 Å². The molecule has 9 heterocycles. The minimum absolute atomic E-state index is 0. The highest BCUT2D eigenvalue weighted by Crippen LogP contribution is 2.58. The van der Waals surface area contributed by atoms with Crippen LogP contribution in [0.2, 0.25) is 0 Å². The molecule has 272 valence electrons. The maximum absolute atomic E-state index is 16.2. The van der Waals surface area contributed by atoms with Crippen molar-refractivity contribution in [1.82, 2.24) is 51.3 Å². The number of aromatic nitrogens is 8. The molecule has 0 aromatic carbocycles. The quantitative estimate of drug-likeness (QED) is 0.0850. The predicted molar refractivity (Wildman–Crippen MR) is 179 cm³/mol. The van der Waals surface area contributed by atoms with E-state index in [2.05, 4.69) is 52.8 Å². The fourth-order valence-corrected chi connectivity index (χ4v) is 8.79. The summed E-state index contributed by atoms with van der Waals surface area (Å²) in [6, 6.07) is 0. The van der Waals surface area contributed by atoms with E-state index < -0.39 is 75.9 Å². The van der Waals surface area contributed by atoms with Crippen LogP contribution in [0.25, 0.3) is 22.3 Å². The molecule has 0 spiro atoms. The van der Waals surface area contributed by atoms with Gasteiger partial charge in [-0.1, -0.05) is 24.4 Å². The maximum atomic E-state index is 16.2. The number of imidazole rings is 2. The minimum Gasteiger partial charge on any atom is -0.365 e. The van der Waals surface area contributed by atoms with Gasteiger partial charge >= 0.3 is 13.5 Å². The molecule has 5 aliphatic rings. The van der Waals surface area contributed by atoms with Crippen molar-refractivity contribution in [3.63, 3.8) is 0 Å². The average molecular weight is 781 g/mol. The summed E-state index contributed by atoms with van der Waals surface area (Å²) < 4.78 is 82.8. The van der Waals surface area contributed by atoms with E-state index in [0.717, 1.165) is 0 Å². The molecule has 9 rings (SSSR count). The molecule has 14 bridgehead atoms. The van der Waals surface area contributed by atoms with Crippen LogP contribution >= 0.6 is 25.8 Å². The molecular formula is C24H32F2N12O8P2S2. The lowest BCUT2D eigenvalue weighted by molar-refractivity contribution is -0.0564. The summed E-state index contributed by atoms with van der Waals surface area (Å²) in [7, 11) is 0. The molecule has 4 aromatic rings. The topological polar surface area (TPSA) is 274 Å². The highest BCUT2D eigenvalue weighted by Gasteiger charge is 2.54. The van der Waals surface area contributed by atoms with Crippen molar-refractivity contribution in [2.45, 2.75) is 49.2 Å². The summed E-state index contributed by atoms with van der Waals surface area (Å²) in [5, 5.41) is 6.30. The number of halogens is 2. The molecular weight excluding hydrogens is 748 g/mol. The Morgan fingerprint density at radius 1 is 0.800 bits per heavy atom. The van der Waals surface area contributed by atoms with Gasteiger partial charge in [0.15, 0.2) is 58.8 Å². The van der Waals surface area contributed by atoms with E-state index in [4.69, 9.17) is 39.4 Å². The maximum Gasteiger partial charge on any atom is 0.386 e. The van der Waals surface area contributed by atoms with Crippen molar-refractivity contribution < 1.29 is 45.8 Å². The summed E-state index contributed by atoms with van der Waals surface area (Å²) in [6.07, 6.45) is -3.72. The molecule has 9 N–H and O–H groups in total. The number of fused-ring (bicyclic) bond motifs is 10. The number of hydrogen-bond donors (Lipinski definition) is 6. The Kier molecular flexibility index (Phi) is 10.6. The largest absolute Gasteiger partial charge is 0.386 e. The second-order valence-corrected chi connectivity index (χ2v) is 16.7. The van der Waals surface area contributed by atoms with Gasteiger partial charge in [0.25, 0.3) is 0 Å². The lowest BCUT2D eigenvalue weighted by atomic mass is 10.1. The first-order chi connectivity index (χ1) is 23.1. The predicted octanol–water partition coefficient (Wildman–Crippen LogP) is 2.93. The van der Waals surface area contributed by atoms with Crippen LogP contribution in [-0.2, 0) is 43.9 Å². The second kappa shape index (κ2) is 14.3. The SMILES string of the molecule is N.N.O=P1(S)OC[C@H]2O[C@@H]3[C@H](F)[C@@H]2OP(O)(=S)OC[C@H]2O[C@H]([C@H](F)[C@@H]2O1)n1cnc2c(ncnc21)NC/C=C/CNc1ncnc2c1ncn23. The van der Waals surface area contributed by atoms with Gasteiger partial charge < -0.3 is 41.8 Å². The van der Waals surface area contributed by atoms with E-state index in [-0.39, 0.29) is 23.6 Å². The third kappa shape index (κ3) is 6.76. The number of hydrogen-bond acceptors (Lipinski definition) is 18. The lowest BCUT2D eigenvalue weighted by Crippen LogP contribution is -2.37. The zero-order valence-electron chi connectivity index (χ0n) is 25.7. The Hall–Kier alpha value is -2.83. The molecule has 20 nitrogen and oxygen atoms in total. The molecule has 3 saturated heterocycles. The molecule has 0 aliphatic carbocycles. The number of alkyl halides is 2.